The van der Waals surface area contributed by atoms with Crippen molar-refractivity contribution in [2.24, 2.45) is 0 Å². The fraction of sp³-hybridized carbons (Fsp3) is 0. The summed E-state index contributed by atoms with van der Waals surface area (Å²) >= 11 is 5.57. The van der Waals surface area contributed by atoms with Crippen molar-refractivity contribution in [2.75, 3.05) is 0 Å². The van der Waals surface area contributed by atoms with Gasteiger partial charge in [-0.1, -0.05) is 17.5 Å². The summed E-state index contributed by atoms with van der Waals surface area (Å²) in [5.41, 5.74) is 0.645. The monoisotopic (exact) mass is 125 g/mol. The van der Waals surface area contributed by atoms with Crippen molar-refractivity contribution < 1.29 is 0 Å². The van der Waals surface area contributed by atoms with Crippen LogP contribution in [0.1, 0.15) is 5.69 Å². The molecule has 8 heavy (non-hydrogen) atoms. The smallest absolute Gasteiger partial charge is 0.108 e. The maximum Gasteiger partial charge on any atom is 0.108 e. The second kappa shape index (κ2) is 1.94. The fourth-order valence-corrected chi connectivity index (χ4v) is 0.633. The SMILES string of the molecule is C#Cc1[nH]ccc1Cl. The molecule has 0 bridgehead atoms. The second-order valence-corrected chi connectivity index (χ2v) is 1.75. The van der Waals surface area contributed by atoms with Gasteiger partial charge in [0.25, 0.3) is 0 Å². The number of aromatic amines is 1. The minimum atomic E-state index is 0.604. The van der Waals surface area contributed by atoms with E-state index in [1.54, 1.807) is 12.3 Å². The van der Waals surface area contributed by atoms with Crippen LogP contribution < -0.4 is 0 Å². The summed E-state index contributed by atoms with van der Waals surface area (Å²) in [6.07, 6.45) is 6.74. The number of rotatable bonds is 0. The number of hydrogen-bond donors (Lipinski definition) is 1. The van der Waals surface area contributed by atoms with E-state index in [2.05, 4.69) is 10.9 Å². The Hall–Kier alpha value is -0.870. The quantitative estimate of drug-likeness (QED) is 0.508. The van der Waals surface area contributed by atoms with Gasteiger partial charge in [0.2, 0.25) is 0 Å². The van der Waals surface area contributed by atoms with Crippen molar-refractivity contribution in [2.45, 2.75) is 0 Å². The Morgan fingerprint density at radius 1 is 1.75 bits per heavy atom. The summed E-state index contributed by atoms with van der Waals surface area (Å²) in [5.74, 6) is 2.39. The lowest BCUT2D eigenvalue weighted by Gasteiger charge is -1.78. The van der Waals surface area contributed by atoms with Gasteiger partial charge in [-0.3, -0.25) is 0 Å². The van der Waals surface area contributed by atoms with Gasteiger partial charge in [-0.25, -0.2) is 0 Å². The van der Waals surface area contributed by atoms with Gasteiger partial charge in [-0.05, 0) is 6.07 Å². The molecular weight excluding hydrogens is 122 g/mol. The van der Waals surface area contributed by atoms with Crippen molar-refractivity contribution in [1.29, 1.82) is 0 Å². The molecule has 1 aromatic rings. The van der Waals surface area contributed by atoms with E-state index in [-0.39, 0.29) is 0 Å². The molecule has 0 aliphatic heterocycles. The molecule has 1 heterocycles. The summed E-state index contributed by atoms with van der Waals surface area (Å²) in [4.78, 5) is 2.79. The normalized spacial score (nSPS) is 8.50. The van der Waals surface area contributed by atoms with Crippen LogP contribution in [0.5, 0.6) is 0 Å². The third kappa shape index (κ3) is 0.706. The highest BCUT2D eigenvalue weighted by Gasteiger charge is 1.92. The van der Waals surface area contributed by atoms with Crippen LogP contribution in [-0.4, -0.2) is 4.98 Å². The second-order valence-electron chi connectivity index (χ2n) is 1.34. The highest BCUT2D eigenvalue weighted by Crippen LogP contribution is 2.10. The molecule has 1 nitrogen and oxygen atoms in total. The van der Waals surface area contributed by atoms with Gasteiger partial charge in [0.15, 0.2) is 0 Å². The van der Waals surface area contributed by atoms with E-state index in [0.717, 1.165) is 0 Å². The first-order valence-electron chi connectivity index (χ1n) is 2.14. The summed E-state index contributed by atoms with van der Waals surface area (Å²) in [5, 5.41) is 0.604. The molecule has 0 radical (unpaired) electrons. The van der Waals surface area contributed by atoms with Crippen molar-refractivity contribution in [3.05, 3.63) is 23.0 Å². The van der Waals surface area contributed by atoms with Crippen LogP contribution in [0.15, 0.2) is 12.3 Å². The largest absolute Gasteiger partial charge is 0.354 e. The van der Waals surface area contributed by atoms with Crippen molar-refractivity contribution in [3.63, 3.8) is 0 Å². The Morgan fingerprint density at radius 2 is 2.50 bits per heavy atom. The summed E-state index contributed by atoms with van der Waals surface area (Å²) < 4.78 is 0. The van der Waals surface area contributed by atoms with Gasteiger partial charge in [0.1, 0.15) is 5.69 Å². The zero-order chi connectivity index (χ0) is 5.98. The molecule has 0 amide bonds. The molecule has 0 aliphatic rings. The molecule has 1 N–H and O–H groups in total. The molecule has 1 aromatic heterocycles. The first-order valence-corrected chi connectivity index (χ1v) is 2.52. The zero-order valence-electron chi connectivity index (χ0n) is 4.11. The van der Waals surface area contributed by atoms with E-state index in [1.807, 2.05) is 0 Å². The van der Waals surface area contributed by atoms with Crippen LogP contribution in [0.25, 0.3) is 0 Å². The summed E-state index contributed by atoms with van der Waals surface area (Å²) in [7, 11) is 0. The van der Waals surface area contributed by atoms with E-state index in [1.165, 1.54) is 0 Å². The molecule has 0 spiro atoms. The summed E-state index contributed by atoms with van der Waals surface area (Å²) in [6, 6.07) is 1.72. The Kier molecular flexibility index (Phi) is 1.27. The predicted octanol–water partition coefficient (Wildman–Crippen LogP) is 1.65. The zero-order valence-corrected chi connectivity index (χ0v) is 4.87. The Balaban J connectivity index is 3.15. The lowest BCUT2D eigenvalue weighted by Crippen LogP contribution is -1.68. The van der Waals surface area contributed by atoms with Crippen LogP contribution in [0.4, 0.5) is 0 Å². The lowest BCUT2D eigenvalue weighted by molar-refractivity contribution is 1.37. The first-order chi connectivity index (χ1) is 3.84. The summed E-state index contributed by atoms with van der Waals surface area (Å²) in [6.45, 7) is 0. The Morgan fingerprint density at radius 3 is 2.75 bits per heavy atom. The molecule has 0 fully saturated rings. The van der Waals surface area contributed by atoms with Crippen molar-refractivity contribution in [1.82, 2.24) is 4.98 Å². The molecule has 0 unspecified atom stereocenters. The highest BCUT2D eigenvalue weighted by molar-refractivity contribution is 6.31. The average Bonchev–Trinajstić information content (AvgIpc) is 2.14. The van der Waals surface area contributed by atoms with Crippen LogP contribution in [0.2, 0.25) is 5.02 Å². The van der Waals surface area contributed by atoms with Crippen LogP contribution in [0, 0.1) is 12.3 Å². The van der Waals surface area contributed by atoms with Gasteiger partial charge < -0.3 is 4.98 Å². The number of terminal acetylenes is 1. The first kappa shape index (κ1) is 5.27. The molecule has 0 saturated heterocycles. The standard InChI is InChI=1S/C6H4ClN/c1-2-6-5(7)3-4-8-6/h1,3-4,8H. The minimum absolute atomic E-state index is 0.604. The van der Waals surface area contributed by atoms with E-state index in [0.29, 0.717) is 10.7 Å². The van der Waals surface area contributed by atoms with Gasteiger partial charge in [-0.2, -0.15) is 0 Å². The van der Waals surface area contributed by atoms with Crippen LogP contribution in [0.3, 0.4) is 0 Å². The topological polar surface area (TPSA) is 15.8 Å². The minimum Gasteiger partial charge on any atom is -0.354 e. The Bertz CT molecular complexity index is 219. The molecule has 0 aromatic carbocycles. The van der Waals surface area contributed by atoms with Gasteiger partial charge >= 0.3 is 0 Å². The van der Waals surface area contributed by atoms with E-state index in [4.69, 9.17) is 18.0 Å². The third-order valence-electron chi connectivity index (χ3n) is 0.840. The number of aromatic nitrogens is 1. The molecule has 0 aliphatic carbocycles. The number of halogens is 1. The molecular formula is C6H4ClN. The van der Waals surface area contributed by atoms with Gasteiger partial charge in [0, 0.05) is 6.20 Å². The van der Waals surface area contributed by atoms with E-state index < -0.39 is 0 Å². The van der Waals surface area contributed by atoms with Crippen LogP contribution >= 0.6 is 11.6 Å². The lowest BCUT2D eigenvalue weighted by atomic mass is 10.5. The third-order valence-corrected chi connectivity index (χ3v) is 1.16. The van der Waals surface area contributed by atoms with Gasteiger partial charge in [0.05, 0.1) is 5.02 Å². The molecule has 1 rings (SSSR count). The average molecular weight is 126 g/mol. The van der Waals surface area contributed by atoms with Crippen LogP contribution in [-0.2, 0) is 0 Å². The highest BCUT2D eigenvalue weighted by atomic mass is 35.5. The van der Waals surface area contributed by atoms with Crippen molar-refractivity contribution in [3.8, 4) is 12.3 Å². The Labute approximate surface area is 52.7 Å². The predicted molar refractivity (Wildman–Crippen MR) is 33.7 cm³/mol. The number of nitrogens with one attached hydrogen (secondary N) is 1. The van der Waals surface area contributed by atoms with Crippen molar-refractivity contribution >= 4 is 11.6 Å². The van der Waals surface area contributed by atoms with Gasteiger partial charge in [-0.15, -0.1) is 6.42 Å². The maximum absolute atomic E-state index is 5.57. The molecule has 2 heteroatoms. The fourth-order valence-electron chi connectivity index (χ4n) is 0.461. The number of H-pyrrole nitrogens is 1. The molecule has 0 saturated carbocycles. The van der Waals surface area contributed by atoms with E-state index >= 15 is 0 Å². The number of hydrogen-bond acceptors (Lipinski definition) is 0. The van der Waals surface area contributed by atoms with E-state index in [9.17, 15) is 0 Å². The molecule has 40 valence electrons. The molecule has 0 atom stereocenters. The maximum atomic E-state index is 5.57.